The van der Waals surface area contributed by atoms with E-state index >= 15 is 0 Å². The standard InChI is InChI=1S/C15H16N4O2/c1-12(20)18-19(15-6-2-3-8-17-15)11-14(21)9-13-5-4-7-16-10-13/h2-8,10H,9,11H2,1H3,(H,18,20). The molecule has 2 aromatic rings. The van der Waals surface area contributed by atoms with Gasteiger partial charge in [-0.2, -0.15) is 0 Å². The number of rotatable bonds is 6. The molecule has 0 aliphatic heterocycles. The van der Waals surface area contributed by atoms with Crippen LogP contribution in [0.2, 0.25) is 0 Å². The zero-order valence-electron chi connectivity index (χ0n) is 11.7. The summed E-state index contributed by atoms with van der Waals surface area (Å²) in [5, 5.41) is 1.45. The van der Waals surface area contributed by atoms with Crippen LogP contribution in [-0.2, 0) is 16.0 Å². The van der Waals surface area contributed by atoms with Crippen molar-refractivity contribution < 1.29 is 9.59 Å². The zero-order valence-corrected chi connectivity index (χ0v) is 11.7. The summed E-state index contributed by atoms with van der Waals surface area (Å²) < 4.78 is 0. The number of anilines is 1. The summed E-state index contributed by atoms with van der Waals surface area (Å²) in [5.74, 6) is 0.226. The minimum absolute atomic E-state index is 0.0394. The molecule has 0 radical (unpaired) electrons. The first-order chi connectivity index (χ1) is 10.1. The number of hydrogen-bond acceptors (Lipinski definition) is 5. The van der Waals surface area contributed by atoms with E-state index in [-0.39, 0.29) is 24.7 Å². The smallest absolute Gasteiger partial charge is 0.235 e. The summed E-state index contributed by atoms with van der Waals surface area (Å²) in [6, 6.07) is 8.92. The topological polar surface area (TPSA) is 75.2 Å². The number of carbonyl (C=O) groups is 2. The number of ketones is 1. The first kappa shape index (κ1) is 14.6. The predicted octanol–water partition coefficient (Wildman–Crippen LogP) is 1.15. The van der Waals surface area contributed by atoms with E-state index in [1.165, 1.54) is 11.9 Å². The molecule has 0 saturated heterocycles. The van der Waals surface area contributed by atoms with Gasteiger partial charge in [0.2, 0.25) is 5.91 Å². The lowest BCUT2D eigenvalue weighted by Gasteiger charge is -2.22. The molecule has 0 spiro atoms. The summed E-state index contributed by atoms with van der Waals surface area (Å²) in [7, 11) is 0. The van der Waals surface area contributed by atoms with Gasteiger partial charge in [-0.3, -0.25) is 25.0 Å². The molecule has 21 heavy (non-hydrogen) atoms. The Morgan fingerprint density at radius 3 is 2.67 bits per heavy atom. The number of carbonyl (C=O) groups excluding carboxylic acids is 2. The molecule has 6 nitrogen and oxygen atoms in total. The minimum atomic E-state index is -0.255. The summed E-state index contributed by atoms with van der Waals surface area (Å²) in [6.07, 6.45) is 5.18. The highest BCUT2D eigenvalue weighted by atomic mass is 16.2. The van der Waals surface area contributed by atoms with Crippen molar-refractivity contribution >= 4 is 17.5 Å². The quantitative estimate of drug-likeness (QED) is 0.805. The van der Waals surface area contributed by atoms with Crippen LogP contribution in [-0.4, -0.2) is 28.2 Å². The zero-order chi connectivity index (χ0) is 15.1. The Morgan fingerprint density at radius 2 is 2.05 bits per heavy atom. The summed E-state index contributed by atoms with van der Waals surface area (Å²) in [4.78, 5) is 31.5. The van der Waals surface area contributed by atoms with Crippen LogP contribution in [0.1, 0.15) is 12.5 Å². The van der Waals surface area contributed by atoms with Crippen LogP contribution in [0.15, 0.2) is 48.9 Å². The largest absolute Gasteiger partial charge is 0.297 e. The number of pyridine rings is 2. The Balaban J connectivity index is 2.05. The highest BCUT2D eigenvalue weighted by molar-refractivity contribution is 5.86. The van der Waals surface area contributed by atoms with Crippen LogP contribution in [0.25, 0.3) is 0 Å². The Morgan fingerprint density at radius 1 is 1.19 bits per heavy atom. The van der Waals surface area contributed by atoms with E-state index in [9.17, 15) is 9.59 Å². The van der Waals surface area contributed by atoms with Crippen molar-refractivity contribution in [3.05, 3.63) is 54.5 Å². The van der Waals surface area contributed by atoms with Crippen molar-refractivity contribution in [2.24, 2.45) is 0 Å². The lowest BCUT2D eigenvalue weighted by molar-refractivity contribution is -0.119. The number of hydrazine groups is 1. The third kappa shape index (κ3) is 4.68. The number of nitrogens with one attached hydrogen (secondary N) is 1. The van der Waals surface area contributed by atoms with E-state index in [1.807, 2.05) is 6.07 Å². The molecule has 1 amide bonds. The first-order valence-electron chi connectivity index (χ1n) is 6.51. The van der Waals surface area contributed by atoms with Crippen molar-refractivity contribution in [1.29, 1.82) is 0 Å². The van der Waals surface area contributed by atoms with Gasteiger partial charge < -0.3 is 0 Å². The van der Waals surface area contributed by atoms with Gasteiger partial charge in [0.05, 0.1) is 0 Å². The Labute approximate surface area is 122 Å². The maximum atomic E-state index is 12.1. The normalized spacial score (nSPS) is 9.95. The van der Waals surface area contributed by atoms with Crippen molar-refractivity contribution in [3.8, 4) is 0 Å². The summed E-state index contributed by atoms with van der Waals surface area (Å²) in [6.45, 7) is 1.44. The molecule has 6 heteroatoms. The van der Waals surface area contributed by atoms with Crippen LogP contribution in [0.4, 0.5) is 5.82 Å². The first-order valence-corrected chi connectivity index (χ1v) is 6.51. The van der Waals surface area contributed by atoms with E-state index in [0.29, 0.717) is 5.82 Å². The fourth-order valence-corrected chi connectivity index (χ4v) is 1.84. The lowest BCUT2D eigenvalue weighted by atomic mass is 10.1. The molecule has 0 saturated carbocycles. The van der Waals surface area contributed by atoms with Gasteiger partial charge in [0.15, 0.2) is 5.78 Å². The number of Topliss-reactive ketones (excluding diaryl/α,β-unsaturated/α-hetero) is 1. The van der Waals surface area contributed by atoms with E-state index in [1.54, 1.807) is 42.9 Å². The highest BCUT2D eigenvalue weighted by Gasteiger charge is 2.14. The molecule has 0 aliphatic rings. The molecule has 0 fully saturated rings. The number of nitrogens with zero attached hydrogens (tertiary/aromatic N) is 3. The molecule has 0 bridgehead atoms. The maximum absolute atomic E-state index is 12.1. The molecule has 2 rings (SSSR count). The molecule has 0 unspecified atom stereocenters. The second-order valence-corrected chi connectivity index (χ2v) is 4.52. The molecular formula is C15H16N4O2. The van der Waals surface area contributed by atoms with Gasteiger partial charge in [0.1, 0.15) is 12.4 Å². The molecule has 2 heterocycles. The van der Waals surface area contributed by atoms with Gasteiger partial charge in [-0.25, -0.2) is 4.98 Å². The molecule has 1 N–H and O–H groups in total. The van der Waals surface area contributed by atoms with E-state index in [2.05, 4.69) is 15.4 Å². The Bertz CT molecular complexity index is 602. The summed E-state index contributed by atoms with van der Waals surface area (Å²) in [5.41, 5.74) is 3.45. The van der Waals surface area contributed by atoms with Crippen molar-refractivity contribution in [1.82, 2.24) is 15.4 Å². The van der Waals surface area contributed by atoms with Crippen LogP contribution in [0.3, 0.4) is 0 Å². The monoisotopic (exact) mass is 284 g/mol. The van der Waals surface area contributed by atoms with Crippen molar-refractivity contribution in [2.75, 3.05) is 11.6 Å². The average Bonchev–Trinajstić information content (AvgIpc) is 2.48. The lowest BCUT2D eigenvalue weighted by Crippen LogP contribution is -2.45. The molecule has 0 atom stereocenters. The molecule has 0 aliphatic carbocycles. The molecule has 0 aromatic carbocycles. The fraction of sp³-hybridized carbons (Fsp3) is 0.200. The van der Waals surface area contributed by atoms with E-state index < -0.39 is 0 Å². The highest BCUT2D eigenvalue weighted by Crippen LogP contribution is 2.07. The molecular weight excluding hydrogens is 268 g/mol. The molecule has 2 aromatic heterocycles. The second kappa shape index (κ2) is 7.14. The summed E-state index contributed by atoms with van der Waals surface area (Å²) >= 11 is 0. The Kier molecular flexibility index (Phi) is 4.98. The number of aromatic nitrogens is 2. The van der Waals surface area contributed by atoms with Gasteiger partial charge in [0.25, 0.3) is 0 Å². The minimum Gasteiger partial charge on any atom is -0.297 e. The van der Waals surface area contributed by atoms with Crippen LogP contribution in [0, 0.1) is 0 Å². The van der Waals surface area contributed by atoms with Gasteiger partial charge in [-0.1, -0.05) is 12.1 Å². The third-order valence-electron chi connectivity index (χ3n) is 2.68. The van der Waals surface area contributed by atoms with Crippen molar-refractivity contribution in [3.63, 3.8) is 0 Å². The fourth-order valence-electron chi connectivity index (χ4n) is 1.84. The number of amides is 1. The number of hydrogen-bond donors (Lipinski definition) is 1. The van der Waals surface area contributed by atoms with Gasteiger partial charge in [-0.15, -0.1) is 0 Å². The maximum Gasteiger partial charge on any atom is 0.235 e. The van der Waals surface area contributed by atoms with Gasteiger partial charge in [-0.05, 0) is 23.8 Å². The second-order valence-electron chi connectivity index (χ2n) is 4.52. The average molecular weight is 284 g/mol. The van der Waals surface area contributed by atoms with E-state index in [0.717, 1.165) is 5.56 Å². The van der Waals surface area contributed by atoms with Gasteiger partial charge >= 0.3 is 0 Å². The van der Waals surface area contributed by atoms with Crippen LogP contribution >= 0.6 is 0 Å². The van der Waals surface area contributed by atoms with Crippen LogP contribution < -0.4 is 10.4 Å². The van der Waals surface area contributed by atoms with Crippen LogP contribution in [0.5, 0.6) is 0 Å². The third-order valence-corrected chi connectivity index (χ3v) is 2.68. The Hall–Kier alpha value is -2.76. The van der Waals surface area contributed by atoms with Gasteiger partial charge in [0, 0.05) is 31.9 Å². The predicted molar refractivity (Wildman–Crippen MR) is 78.3 cm³/mol. The SMILES string of the molecule is CC(=O)NN(CC(=O)Cc1cccnc1)c1ccccn1. The van der Waals surface area contributed by atoms with E-state index in [4.69, 9.17) is 0 Å². The molecule has 108 valence electrons. The van der Waals surface area contributed by atoms with Crippen molar-refractivity contribution in [2.45, 2.75) is 13.3 Å².